The maximum absolute atomic E-state index is 10.9. The van der Waals surface area contributed by atoms with Crippen LogP contribution < -0.4 is 14.8 Å². The summed E-state index contributed by atoms with van der Waals surface area (Å²) in [6.07, 6.45) is -0.703. The number of nitrogens with zero attached hydrogens (tertiary/aromatic N) is 1. The molecule has 1 aromatic rings. The van der Waals surface area contributed by atoms with Crippen LogP contribution in [0.5, 0.6) is 11.5 Å². The fraction of sp³-hybridized carbons (Fsp3) is 0.571. The molecule has 0 fully saturated rings. The van der Waals surface area contributed by atoms with Crippen molar-refractivity contribution in [2.24, 2.45) is 0 Å². The fourth-order valence-corrected chi connectivity index (χ4v) is 1.58. The van der Waals surface area contributed by atoms with Gasteiger partial charge in [0.2, 0.25) is 0 Å². The molecule has 0 amide bonds. The second-order valence-corrected chi connectivity index (χ2v) is 5.69. The van der Waals surface area contributed by atoms with Crippen LogP contribution in [-0.2, 0) is 0 Å². The normalized spacial score (nSPS) is 12.8. The van der Waals surface area contributed by atoms with Crippen LogP contribution in [0.1, 0.15) is 20.8 Å². The lowest BCUT2D eigenvalue weighted by atomic mass is 10.1. The Hall–Kier alpha value is -1.86. The highest BCUT2D eigenvalue weighted by Crippen LogP contribution is 2.30. The van der Waals surface area contributed by atoms with Crippen molar-refractivity contribution in [2.75, 3.05) is 20.3 Å². The highest BCUT2D eigenvalue weighted by molar-refractivity contribution is 5.50. The van der Waals surface area contributed by atoms with Crippen LogP contribution in [0, 0.1) is 10.1 Å². The minimum absolute atomic E-state index is 0.0482. The molecule has 1 aromatic carbocycles. The summed E-state index contributed by atoms with van der Waals surface area (Å²) in [5.74, 6) is 0.486. The zero-order chi connectivity index (χ0) is 16.0. The summed E-state index contributed by atoms with van der Waals surface area (Å²) in [6.45, 7) is 6.41. The predicted molar refractivity (Wildman–Crippen MR) is 78.9 cm³/mol. The van der Waals surface area contributed by atoms with Crippen molar-refractivity contribution in [3.8, 4) is 11.5 Å². The Morgan fingerprint density at radius 3 is 2.62 bits per heavy atom. The van der Waals surface area contributed by atoms with Gasteiger partial charge in [-0.25, -0.2) is 0 Å². The number of benzene rings is 1. The minimum atomic E-state index is -0.703. The molecule has 0 saturated heterocycles. The van der Waals surface area contributed by atoms with E-state index in [0.29, 0.717) is 12.3 Å². The number of aliphatic hydroxyl groups is 1. The second kappa shape index (κ2) is 7.24. The first-order valence-electron chi connectivity index (χ1n) is 6.61. The molecular formula is C14H22N2O5. The summed E-state index contributed by atoms with van der Waals surface area (Å²) in [5.41, 5.74) is -0.267. The first-order valence-corrected chi connectivity index (χ1v) is 6.61. The lowest BCUT2D eigenvalue weighted by Gasteiger charge is -2.22. The Bertz CT molecular complexity index is 485. The topological polar surface area (TPSA) is 93.9 Å². The van der Waals surface area contributed by atoms with Crippen molar-refractivity contribution < 1.29 is 19.5 Å². The molecule has 0 saturated carbocycles. The zero-order valence-electron chi connectivity index (χ0n) is 12.8. The highest BCUT2D eigenvalue weighted by Gasteiger charge is 2.17. The van der Waals surface area contributed by atoms with E-state index in [1.807, 2.05) is 20.8 Å². The minimum Gasteiger partial charge on any atom is -0.491 e. The van der Waals surface area contributed by atoms with Crippen LogP contribution in [-0.4, -0.2) is 41.9 Å². The van der Waals surface area contributed by atoms with Crippen LogP contribution in [0.2, 0.25) is 0 Å². The molecule has 0 aliphatic rings. The molecule has 118 valence electrons. The third-order valence-electron chi connectivity index (χ3n) is 2.66. The van der Waals surface area contributed by atoms with Crippen LogP contribution in [0.4, 0.5) is 5.69 Å². The third kappa shape index (κ3) is 5.97. The van der Waals surface area contributed by atoms with Gasteiger partial charge in [-0.15, -0.1) is 0 Å². The van der Waals surface area contributed by atoms with Gasteiger partial charge in [0.25, 0.3) is 0 Å². The van der Waals surface area contributed by atoms with Crippen molar-refractivity contribution in [1.29, 1.82) is 0 Å². The molecule has 7 heteroatoms. The van der Waals surface area contributed by atoms with E-state index < -0.39 is 11.0 Å². The number of hydrogen-bond acceptors (Lipinski definition) is 6. The standard InChI is InChI=1S/C14H22N2O5/c1-14(2,3)15-8-10(17)9-21-11-5-6-13(20-4)12(7-11)16(18)19/h5-7,10,15,17H,8-9H2,1-4H3. The van der Waals surface area contributed by atoms with Crippen molar-refractivity contribution >= 4 is 5.69 Å². The van der Waals surface area contributed by atoms with Gasteiger partial charge in [0.1, 0.15) is 18.5 Å². The van der Waals surface area contributed by atoms with Crippen LogP contribution >= 0.6 is 0 Å². The van der Waals surface area contributed by atoms with Crippen molar-refractivity contribution in [1.82, 2.24) is 5.32 Å². The molecule has 0 aromatic heterocycles. The van der Waals surface area contributed by atoms with Crippen LogP contribution in [0.3, 0.4) is 0 Å². The average Bonchev–Trinajstić information content (AvgIpc) is 2.41. The quantitative estimate of drug-likeness (QED) is 0.588. The molecule has 1 unspecified atom stereocenters. The summed E-state index contributed by atoms with van der Waals surface area (Å²) in [5, 5.41) is 23.8. The third-order valence-corrected chi connectivity index (χ3v) is 2.66. The Morgan fingerprint density at radius 2 is 2.10 bits per heavy atom. The van der Waals surface area contributed by atoms with Gasteiger partial charge < -0.3 is 19.9 Å². The summed E-state index contributed by atoms with van der Waals surface area (Å²) < 4.78 is 10.3. The SMILES string of the molecule is COc1ccc(OCC(O)CNC(C)(C)C)cc1[N+](=O)[O-]. The van der Waals surface area contributed by atoms with Gasteiger partial charge in [0, 0.05) is 12.1 Å². The van der Waals surface area contributed by atoms with E-state index in [1.165, 1.54) is 19.2 Å². The maximum Gasteiger partial charge on any atom is 0.314 e. The molecule has 7 nitrogen and oxygen atoms in total. The van der Waals surface area contributed by atoms with E-state index in [4.69, 9.17) is 9.47 Å². The Balaban J connectivity index is 2.59. The number of methoxy groups -OCH3 is 1. The molecule has 1 atom stereocenters. The van der Waals surface area contributed by atoms with E-state index in [-0.39, 0.29) is 23.6 Å². The number of nitro benzene ring substituents is 1. The van der Waals surface area contributed by atoms with Gasteiger partial charge in [-0.1, -0.05) is 0 Å². The first-order chi connectivity index (χ1) is 9.73. The molecule has 0 spiro atoms. The molecule has 0 aliphatic heterocycles. The van der Waals surface area contributed by atoms with Gasteiger partial charge in [0.15, 0.2) is 5.75 Å². The predicted octanol–water partition coefficient (Wildman–Crippen LogP) is 1.73. The lowest BCUT2D eigenvalue weighted by Crippen LogP contribution is -2.42. The van der Waals surface area contributed by atoms with E-state index in [9.17, 15) is 15.2 Å². The van der Waals surface area contributed by atoms with E-state index in [0.717, 1.165) is 0 Å². The molecular weight excluding hydrogens is 276 g/mol. The smallest absolute Gasteiger partial charge is 0.314 e. The van der Waals surface area contributed by atoms with Crippen molar-refractivity contribution in [3.63, 3.8) is 0 Å². The number of ether oxygens (including phenoxy) is 2. The van der Waals surface area contributed by atoms with Gasteiger partial charge in [-0.3, -0.25) is 10.1 Å². The summed E-state index contributed by atoms with van der Waals surface area (Å²) in [7, 11) is 1.37. The number of hydrogen-bond donors (Lipinski definition) is 2. The monoisotopic (exact) mass is 298 g/mol. The van der Waals surface area contributed by atoms with E-state index >= 15 is 0 Å². The summed E-state index contributed by atoms with van der Waals surface area (Å²) in [4.78, 5) is 10.4. The summed E-state index contributed by atoms with van der Waals surface area (Å²) >= 11 is 0. The van der Waals surface area contributed by atoms with Gasteiger partial charge in [-0.2, -0.15) is 0 Å². The van der Waals surface area contributed by atoms with Crippen LogP contribution in [0.25, 0.3) is 0 Å². The maximum atomic E-state index is 10.9. The van der Waals surface area contributed by atoms with E-state index in [1.54, 1.807) is 6.07 Å². The summed E-state index contributed by atoms with van der Waals surface area (Å²) in [6, 6.07) is 4.31. The molecule has 21 heavy (non-hydrogen) atoms. The van der Waals surface area contributed by atoms with Crippen LogP contribution in [0.15, 0.2) is 18.2 Å². The second-order valence-electron chi connectivity index (χ2n) is 5.69. The zero-order valence-corrected chi connectivity index (χ0v) is 12.8. The largest absolute Gasteiger partial charge is 0.491 e. The van der Waals surface area contributed by atoms with E-state index in [2.05, 4.69) is 5.32 Å². The Labute approximate surface area is 124 Å². The van der Waals surface area contributed by atoms with Crippen molar-refractivity contribution in [3.05, 3.63) is 28.3 Å². The Morgan fingerprint density at radius 1 is 1.43 bits per heavy atom. The van der Waals surface area contributed by atoms with Gasteiger partial charge in [0.05, 0.1) is 18.1 Å². The molecule has 1 rings (SSSR count). The highest BCUT2D eigenvalue weighted by atomic mass is 16.6. The fourth-order valence-electron chi connectivity index (χ4n) is 1.58. The van der Waals surface area contributed by atoms with Crippen molar-refractivity contribution in [2.45, 2.75) is 32.4 Å². The number of nitrogens with one attached hydrogen (secondary N) is 1. The average molecular weight is 298 g/mol. The lowest BCUT2D eigenvalue weighted by molar-refractivity contribution is -0.385. The molecule has 0 bridgehead atoms. The molecule has 0 heterocycles. The number of nitro groups is 1. The number of β-amino-alcohol motifs (C(OH)–C–C–N with tert-alkyl or cyclic N) is 1. The molecule has 0 aliphatic carbocycles. The molecule has 2 N–H and O–H groups in total. The van der Waals surface area contributed by atoms with Gasteiger partial charge >= 0.3 is 5.69 Å². The first kappa shape index (κ1) is 17.2. The Kier molecular flexibility index (Phi) is 5.92. The molecule has 0 radical (unpaired) electrons. The number of aliphatic hydroxyl groups excluding tert-OH is 1. The number of rotatable bonds is 7. The van der Waals surface area contributed by atoms with Gasteiger partial charge in [-0.05, 0) is 32.9 Å².